The summed E-state index contributed by atoms with van der Waals surface area (Å²) in [6.07, 6.45) is 6.50. The van der Waals surface area contributed by atoms with Gasteiger partial charge in [0.15, 0.2) is 5.78 Å². The van der Waals surface area contributed by atoms with Crippen LogP contribution < -0.4 is 0 Å². The molecular weight excluding hydrogens is 326 g/mol. The highest BCUT2D eigenvalue weighted by atomic mass is 16.1. The number of nitrogens with zero attached hydrogens (tertiary/aromatic N) is 5. The SMILES string of the molecule is C[C@@H]1CCCN1CC(=O)Cc1cc2cc(-c3cn(C)nn3)ccc2cn1. The van der Waals surface area contributed by atoms with Crippen LogP contribution in [-0.4, -0.2) is 49.8 Å². The molecule has 2 aromatic heterocycles. The highest BCUT2D eigenvalue weighted by Gasteiger charge is 2.22. The fourth-order valence-electron chi connectivity index (χ4n) is 3.63. The number of aryl methyl sites for hydroxylation is 1. The molecule has 1 saturated heterocycles. The van der Waals surface area contributed by atoms with E-state index in [0.29, 0.717) is 19.0 Å². The standard InChI is InChI=1S/C20H23N5O/c1-14-4-3-7-25(14)12-19(26)10-18-9-17-8-15(5-6-16(17)11-21-18)20-13-24(2)23-22-20/h5-6,8-9,11,13-14H,3-4,7,10,12H2,1-2H3/t14-/m1/s1. The van der Waals surface area contributed by atoms with E-state index in [-0.39, 0.29) is 5.78 Å². The third-order valence-electron chi connectivity index (χ3n) is 5.13. The quantitative estimate of drug-likeness (QED) is 0.708. The van der Waals surface area contributed by atoms with E-state index in [4.69, 9.17) is 0 Å². The Morgan fingerprint density at radius 2 is 2.15 bits per heavy atom. The molecule has 3 aromatic rings. The van der Waals surface area contributed by atoms with Crippen molar-refractivity contribution in [1.82, 2.24) is 24.9 Å². The number of benzene rings is 1. The number of carbonyl (C=O) groups is 1. The molecule has 0 unspecified atom stereocenters. The summed E-state index contributed by atoms with van der Waals surface area (Å²) in [7, 11) is 1.85. The number of fused-ring (bicyclic) bond motifs is 1. The van der Waals surface area contributed by atoms with Gasteiger partial charge in [-0.3, -0.25) is 19.4 Å². The van der Waals surface area contributed by atoms with Gasteiger partial charge in [0.1, 0.15) is 5.69 Å². The average molecular weight is 349 g/mol. The highest BCUT2D eigenvalue weighted by molar-refractivity contribution is 5.88. The van der Waals surface area contributed by atoms with Crippen molar-refractivity contribution in [3.63, 3.8) is 0 Å². The Bertz CT molecular complexity index is 948. The van der Waals surface area contributed by atoms with Gasteiger partial charge in [-0.1, -0.05) is 17.3 Å². The van der Waals surface area contributed by atoms with Gasteiger partial charge in [-0.15, -0.1) is 5.10 Å². The average Bonchev–Trinajstić information content (AvgIpc) is 3.23. The van der Waals surface area contributed by atoms with Gasteiger partial charge in [0.05, 0.1) is 19.2 Å². The van der Waals surface area contributed by atoms with Crippen LogP contribution in [0.15, 0.2) is 36.7 Å². The number of likely N-dealkylation sites (tertiary alicyclic amines) is 1. The predicted molar refractivity (Wildman–Crippen MR) is 101 cm³/mol. The lowest BCUT2D eigenvalue weighted by Gasteiger charge is -2.19. The summed E-state index contributed by atoms with van der Waals surface area (Å²) in [5.74, 6) is 0.232. The number of aromatic nitrogens is 4. The zero-order valence-electron chi connectivity index (χ0n) is 15.2. The Balaban J connectivity index is 1.53. The Morgan fingerprint density at radius 3 is 2.88 bits per heavy atom. The van der Waals surface area contributed by atoms with E-state index >= 15 is 0 Å². The van der Waals surface area contributed by atoms with Gasteiger partial charge in [0, 0.05) is 35.9 Å². The molecule has 1 aliphatic heterocycles. The summed E-state index contributed by atoms with van der Waals surface area (Å²) in [4.78, 5) is 19.2. The van der Waals surface area contributed by atoms with Gasteiger partial charge >= 0.3 is 0 Å². The number of hydrogen-bond donors (Lipinski definition) is 0. The molecule has 0 saturated carbocycles. The maximum Gasteiger partial charge on any atom is 0.152 e. The zero-order chi connectivity index (χ0) is 18.1. The number of ketones is 1. The summed E-state index contributed by atoms with van der Waals surface area (Å²) in [6, 6.07) is 8.66. The minimum absolute atomic E-state index is 0.232. The molecule has 26 heavy (non-hydrogen) atoms. The van der Waals surface area contributed by atoms with E-state index in [1.54, 1.807) is 4.68 Å². The Morgan fingerprint density at radius 1 is 1.27 bits per heavy atom. The molecule has 1 aromatic carbocycles. The van der Waals surface area contributed by atoms with Crippen LogP contribution in [0.4, 0.5) is 0 Å². The molecule has 1 atom stereocenters. The second-order valence-electron chi connectivity index (χ2n) is 7.19. The fourth-order valence-corrected chi connectivity index (χ4v) is 3.63. The van der Waals surface area contributed by atoms with Crippen LogP contribution >= 0.6 is 0 Å². The van der Waals surface area contributed by atoms with Gasteiger partial charge in [-0.2, -0.15) is 0 Å². The second kappa shape index (κ2) is 6.96. The number of Topliss-reactive ketones (excluding diaryl/α,β-unsaturated/α-hetero) is 1. The monoisotopic (exact) mass is 349 g/mol. The van der Waals surface area contributed by atoms with Crippen LogP contribution in [0.2, 0.25) is 0 Å². The van der Waals surface area contributed by atoms with E-state index in [0.717, 1.165) is 34.3 Å². The third-order valence-corrected chi connectivity index (χ3v) is 5.13. The fraction of sp³-hybridized carbons (Fsp3) is 0.400. The van der Waals surface area contributed by atoms with Crippen molar-refractivity contribution in [3.05, 3.63) is 42.4 Å². The van der Waals surface area contributed by atoms with Crippen LogP contribution in [0.1, 0.15) is 25.5 Å². The first-order valence-electron chi connectivity index (χ1n) is 9.09. The Kier molecular flexibility index (Phi) is 4.51. The minimum atomic E-state index is 0.232. The van der Waals surface area contributed by atoms with Crippen molar-refractivity contribution >= 4 is 16.6 Å². The first kappa shape index (κ1) is 16.8. The van der Waals surface area contributed by atoms with Crippen molar-refractivity contribution in [2.45, 2.75) is 32.2 Å². The molecule has 6 nitrogen and oxygen atoms in total. The predicted octanol–water partition coefficient (Wildman–Crippen LogP) is 2.63. The number of rotatable bonds is 5. The van der Waals surface area contributed by atoms with Crippen LogP contribution in [0, 0.1) is 0 Å². The molecule has 0 amide bonds. The summed E-state index contributed by atoms with van der Waals surface area (Å²) < 4.78 is 1.69. The lowest BCUT2D eigenvalue weighted by molar-refractivity contribution is -0.119. The first-order chi connectivity index (χ1) is 12.6. The molecule has 0 spiro atoms. The lowest BCUT2D eigenvalue weighted by Crippen LogP contribution is -2.33. The molecule has 0 radical (unpaired) electrons. The summed E-state index contributed by atoms with van der Waals surface area (Å²) in [5.41, 5.74) is 2.68. The molecule has 6 heteroatoms. The summed E-state index contributed by atoms with van der Waals surface area (Å²) in [5, 5.41) is 10.3. The van der Waals surface area contributed by atoms with Gasteiger partial charge in [-0.05, 0) is 43.8 Å². The van der Waals surface area contributed by atoms with Gasteiger partial charge in [-0.25, -0.2) is 0 Å². The van der Waals surface area contributed by atoms with Gasteiger partial charge in [0.25, 0.3) is 0 Å². The van der Waals surface area contributed by atoms with Crippen molar-refractivity contribution in [1.29, 1.82) is 0 Å². The largest absolute Gasteiger partial charge is 0.298 e. The van der Waals surface area contributed by atoms with E-state index < -0.39 is 0 Å². The smallest absolute Gasteiger partial charge is 0.152 e. The number of carbonyl (C=O) groups excluding carboxylic acids is 1. The second-order valence-corrected chi connectivity index (χ2v) is 7.19. The lowest BCUT2D eigenvalue weighted by atomic mass is 10.0. The molecular formula is C20H23N5O. The van der Waals surface area contributed by atoms with Crippen molar-refractivity contribution < 1.29 is 4.79 Å². The van der Waals surface area contributed by atoms with E-state index in [2.05, 4.69) is 33.2 Å². The molecule has 134 valence electrons. The first-order valence-corrected chi connectivity index (χ1v) is 9.09. The Hall–Kier alpha value is -2.60. The number of pyridine rings is 1. The van der Waals surface area contributed by atoms with Crippen molar-refractivity contribution in [2.24, 2.45) is 7.05 Å². The van der Waals surface area contributed by atoms with E-state index in [9.17, 15) is 4.79 Å². The van der Waals surface area contributed by atoms with Gasteiger partial charge < -0.3 is 0 Å². The van der Waals surface area contributed by atoms with Crippen molar-refractivity contribution in [3.8, 4) is 11.3 Å². The Labute approximate surface area is 152 Å². The highest BCUT2D eigenvalue weighted by Crippen LogP contribution is 2.23. The minimum Gasteiger partial charge on any atom is -0.298 e. The van der Waals surface area contributed by atoms with Crippen LogP contribution in [0.5, 0.6) is 0 Å². The topological polar surface area (TPSA) is 63.9 Å². The van der Waals surface area contributed by atoms with E-state index in [1.165, 1.54) is 12.8 Å². The van der Waals surface area contributed by atoms with Crippen LogP contribution in [0.3, 0.4) is 0 Å². The molecule has 0 aliphatic carbocycles. The molecule has 4 rings (SSSR count). The molecule has 0 bridgehead atoms. The summed E-state index contributed by atoms with van der Waals surface area (Å²) in [6.45, 7) is 3.75. The summed E-state index contributed by atoms with van der Waals surface area (Å²) >= 11 is 0. The molecule has 1 aliphatic rings. The normalized spacial score (nSPS) is 17.8. The van der Waals surface area contributed by atoms with E-state index in [1.807, 2.05) is 37.6 Å². The molecule has 1 fully saturated rings. The van der Waals surface area contributed by atoms with Crippen molar-refractivity contribution in [2.75, 3.05) is 13.1 Å². The van der Waals surface area contributed by atoms with Gasteiger partial charge in [0.2, 0.25) is 0 Å². The maximum absolute atomic E-state index is 12.4. The maximum atomic E-state index is 12.4. The molecule has 3 heterocycles. The zero-order valence-corrected chi connectivity index (χ0v) is 15.2. The van der Waals surface area contributed by atoms with Crippen LogP contribution in [-0.2, 0) is 18.3 Å². The van der Waals surface area contributed by atoms with Crippen LogP contribution in [0.25, 0.3) is 22.0 Å². The third kappa shape index (κ3) is 3.51. The molecule has 0 N–H and O–H groups in total. The number of hydrogen-bond acceptors (Lipinski definition) is 5.